The lowest BCUT2D eigenvalue weighted by Crippen LogP contribution is -2.50. The minimum absolute atomic E-state index is 0.0258. The van der Waals surface area contributed by atoms with Gasteiger partial charge in [-0.2, -0.15) is 0 Å². The molecule has 6 atom stereocenters. The van der Waals surface area contributed by atoms with Crippen molar-refractivity contribution < 1.29 is 14.4 Å². The van der Waals surface area contributed by atoms with E-state index in [0.717, 1.165) is 65.7 Å². The standard InChI is InChI=1S/C40H59BrN2O2S.C6H14.C2H4O.2C2H6/c1-11-15-31(13-3)36(44)35-16-14-25-43(35)39(45)37(29(8)26(4)5)46-38(28(7)12-2)42-40(10,33-21-17-27(6)18-22-33)30(9)32-19-23-34(41)24-20-32;1-4-6(3)5-2;1-2-3;2*1-2/h17-24,26,28,30-31,35,38,42H,11-16,25H2,1-10H3;6H,4-5H2,1-3H3;2H,1H3;2*1-2H3/b37-29+;;;;. The first-order valence-corrected chi connectivity index (χ1v) is 24.9. The Morgan fingerprint density at radius 3 is 1.83 bits per heavy atom. The van der Waals surface area contributed by atoms with Crippen LogP contribution in [0.3, 0.4) is 0 Å². The summed E-state index contributed by atoms with van der Waals surface area (Å²) in [6.45, 7) is 38.8. The Kier molecular flexibility index (Phi) is 32.4. The van der Waals surface area contributed by atoms with Crippen LogP contribution in [-0.4, -0.2) is 40.8 Å². The Bertz CT molecular complexity index is 1450. The number of thioether (sulfide) groups is 1. The molecular weight excluding hydrogens is 813 g/mol. The number of nitrogens with one attached hydrogen (secondary N) is 1. The molecule has 59 heavy (non-hydrogen) atoms. The predicted molar refractivity (Wildman–Crippen MR) is 265 cm³/mol. The van der Waals surface area contributed by atoms with Gasteiger partial charge in [-0.3, -0.25) is 14.9 Å². The van der Waals surface area contributed by atoms with Crippen LogP contribution in [0.4, 0.5) is 0 Å². The second-order valence-corrected chi connectivity index (χ2v) is 18.3. The van der Waals surface area contributed by atoms with Crippen LogP contribution in [0.2, 0.25) is 0 Å². The number of hydrogen-bond acceptors (Lipinski definition) is 5. The summed E-state index contributed by atoms with van der Waals surface area (Å²) in [5.41, 5.74) is 4.40. The number of carbonyl (C=O) groups excluding carboxylic acids is 3. The van der Waals surface area contributed by atoms with E-state index in [0.29, 0.717) is 12.5 Å². The van der Waals surface area contributed by atoms with Crippen LogP contribution in [0.15, 0.2) is 63.5 Å². The lowest BCUT2D eigenvalue weighted by atomic mass is 9.76. The molecule has 1 aliphatic rings. The highest BCUT2D eigenvalue weighted by molar-refractivity contribution is 9.10. The zero-order valence-electron chi connectivity index (χ0n) is 41.1. The first-order chi connectivity index (χ1) is 28.0. The molecule has 1 aliphatic heterocycles. The van der Waals surface area contributed by atoms with Gasteiger partial charge < -0.3 is 9.69 Å². The average molecular weight is 902 g/mol. The van der Waals surface area contributed by atoms with Crippen LogP contribution >= 0.6 is 27.7 Å². The molecule has 0 aromatic heterocycles. The molecule has 1 amide bonds. The largest absolute Gasteiger partial charge is 0.328 e. The van der Waals surface area contributed by atoms with Crippen LogP contribution in [-0.2, 0) is 19.9 Å². The highest BCUT2D eigenvalue weighted by Crippen LogP contribution is 2.42. The van der Waals surface area contributed by atoms with Gasteiger partial charge in [0.05, 0.1) is 16.3 Å². The van der Waals surface area contributed by atoms with Gasteiger partial charge in [-0.15, -0.1) is 11.8 Å². The highest BCUT2D eigenvalue weighted by atomic mass is 79.9. The molecule has 2 aromatic rings. The van der Waals surface area contributed by atoms with E-state index in [4.69, 9.17) is 4.79 Å². The first kappa shape index (κ1) is 58.9. The van der Waals surface area contributed by atoms with Crippen LogP contribution in [0.5, 0.6) is 0 Å². The topological polar surface area (TPSA) is 66.5 Å². The predicted octanol–water partition coefficient (Wildman–Crippen LogP) is 15.5. The Morgan fingerprint density at radius 1 is 0.881 bits per heavy atom. The molecule has 6 unspecified atom stereocenters. The fourth-order valence-corrected chi connectivity index (χ4v) is 8.72. The molecule has 1 saturated heterocycles. The molecule has 7 heteroatoms. The number of ketones is 1. The number of benzene rings is 2. The van der Waals surface area contributed by atoms with Crippen molar-refractivity contribution in [1.29, 1.82) is 0 Å². The van der Waals surface area contributed by atoms with Crippen molar-refractivity contribution in [3.63, 3.8) is 0 Å². The van der Waals surface area contributed by atoms with Crippen molar-refractivity contribution in [1.82, 2.24) is 10.2 Å². The van der Waals surface area contributed by atoms with Crippen molar-refractivity contribution in [2.75, 3.05) is 6.54 Å². The lowest BCUT2D eigenvalue weighted by molar-refractivity contribution is -0.136. The SMILES string of the molecule is CC.CC.CC=O.CCC(C)CC.CCCC(CC)C(=O)C1CCCN1C(=O)/C(SC(NC(C)(c1ccc(C)cc1)C(C)c1ccc(Br)cc1)C(C)CC)=C(/C)C(C)C. The van der Waals surface area contributed by atoms with E-state index in [1.807, 2.05) is 32.6 Å². The Labute approximate surface area is 377 Å². The smallest absolute Gasteiger partial charge is 0.260 e. The van der Waals surface area contributed by atoms with E-state index in [2.05, 4.69) is 160 Å². The third-order valence-electron chi connectivity index (χ3n) is 11.9. The maximum atomic E-state index is 14.6. The molecule has 0 radical (unpaired) electrons. The number of Topliss-reactive ketones (excluding diaryl/α,β-unsaturated/α-hetero) is 1. The van der Waals surface area contributed by atoms with E-state index in [9.17, 15) is 9.59 Å². The van der Waals surface area contributed by atoms with Crippen molar-refractivity contribution in [3.05, 3.63) is 80.2 Å². The third-order valence-corrected chi connectivity index (χ3v) is 14.0. The summed E-state index contributed by atoms with van der Waals surface area (Å²) in [6, 6.07) is 17.2. The van der Waals surface area contributed by atoms with Gasteiger partial charge >= 0.3 is 0 Å². The van der Waals surface area contributed by atoms with E-state index in [1.165, 1.54) is 36.5 Å². The number of nitrogens with zero attached hydrogens (tertiary/aromatic N) is 1. The Morgan fingerprint density at radius 2 is 1.41 bits per heavy atom. The number of amides is 1. The summed E-state index contributed by atoms with van der Waals surface area (Å²) in [6.07, 6.45) is 8.75. The summed E-state index contributed by atoms with van der Waals surface area (Å²) in [4.78, 5) is 39.9. The molecule has 338 valence electrons. The molecule has 5 nitrogen and oxygen atoms in total. The van der Waals surface area contributed by atoms with E-state index < -0.39 is 5.54 Å². The number of aryl methyl sites for hydroxylation is 1. The van der Waals surface area contributed by atoms with Gasteiger partial charge in [-0.1, -0.05) is 186 Å². The van der Waals surface area contributed by atoms with Gasteiger partial charge in [0.15, 0.2) is 5.78 Å². The van der Waals surface area contributed by atoms with Crippen LogP contribution in [0, 0.1) is 30.6 Å². The molecule has 1 heterocycles. The average Bonchev–Trinajstić information content (AvgIpc) is 3.75. The first-order valence-electron chi connectivity index (χ1n) is 23.2. The minimum atomic E-state index is -0.414. The molecule has 0 bridgehead atoms. The summed E-state index contributed by atoms with van der Waals surface area (Å²) in [5, 5.41) is 4.13. The molecular formula is C52H89BrN2O3S. The van der Waals surface area contributed by atoms with Crippen LogP contribution < -0.4 is 5.32 Å². The quantitative estimate of drug-likeness (QED) is 0.0917. The maximum Gasteiger partial charge on any atom is 0.260 e. The van der Waals surface area contributed by atoms with Gasteiger partial charge in [-0.25, -0.2) is 0 Å². The van der Waals surface area contributed by atoms with Crippen molar-refractivity contribution in [3.8, 4) is 0 Å². The molecule has 0 saturated carbocycles. The zero-order chi connectivity index (χ0) is 45.9. The summed E-state index contributed by atoms with van der Waals surface area (Å²) < 4.78 is 1.07. The van der Waals surface area contributed by atoms with Crippen LogP contribution in [0.1, 0.15) is 192 Å². The normalized spacial score (nSPS) is 16.8. The zero-order valence-corrected chi connectivity index (χ0v) is 43.5. The molecule has 1 N–H and O–H groups in total. The van der Waals surface area contributed by atoms with Crippen molar-refractivity contribution >= 4 is 45.7 Å². The molecule has 2 aromatic carbocycles. The molecule has 3 rings (SSSR count). The molecule has 0 aliphatic carbocycles. The lowest BCUT2D eigenvalue weighted by Gasteiger charge is -2.43. The highest BCUT2D eigenvalue weighted by Gasteiger charge is 2.41. The number of halogens is 1. The Hall–Kier alpha value is -2.22. The monoisotopic (exact) mass is 901 g/mol. The van der Waals surface area contributed by atoms with Crippen molar-refractivity contribution in [2.45, 2.75) is 199 Å². The van der Waals surface area contributed by atoms with Gasteiger partial charge in [0, 0.05) is 28.4 Å². The fraction of sp³-hybridized carbons (Fsp3) is 0.673. The van der Waals surface area contributed by atoms with Crippen molar-refractivity contribution in [2.24, 2.45) is 23.7 Å². The number of likely N-dealkylation sites (tertiary alicyclic amines) is 1. The molecule has 1 fully saturated rings. The van der Waals surface area contributed by atoms with Gasteiger partial charge in [0.1, 0.15) is 6.29 Å². The van der Waals surface area contributed by atoms with Gasteiger partial charge in [-0.05, 0) is 94.4 Å². The van der Waals surface area contributed by atoms with E-state index >= 15 is 0 Å². The van der Waals surface area contributed by atoms with Gasteiger partial charge in [0.2, 0.25) is 0 Å². The summed E-state index contributed by atoms with van der Waals surface area (Å²) in [5.74, 6) is 1.91. The Balaban J connectivity index is 0. The summed E-state index contributed by atoms with van der Waals surface area (Å²) >= 11 is 5.30. The fourth-order valence-electron chi connectivity index (χ4n) is 6.83. The van der Waals surface area contributed by atoms with E-state index in [-0.39, 0.29) is 40.9 Å². The second kappa shape index (κ2) is 32.5. The number of hydrogen-bond donors (Lipinski definition) is 1. The van der Waals surface area contributed by atoms with Gasteiger partial charge in [0.25, 0.3) is 5.91 Å². The number of rotatable bonds is 18. The third kappa shape index (κ3) is 19.2. The van der Waals surface area contributed by atoms with E-state index in [1.54, 1.807) is 11.8 Å². The minimum Gasteiger partial charge on any atom is -0.328 e. The number of aldehydes is 1. The second-order valence-electron chi connectivity index (χ2n) is 16.2. The molecule has 0 spiro atoms. The number of allylic oxidation sites excluding steroid dienone is 1. The maximum absolute atomic E-state index is 14.6. The number of carbonyl (C=O) groups is 3. The van der Waals surface area contributed by atoms with Crippen LogP contribution in [0.25, 0.3) is 0 Å². The summed E-state index contributed by atoms with van der Waals surface area (Å²) in [7, 11) is 0.